The standard InChI is InChI=1S/C17H17FN2O/c1-20(11-13-4-3-5-16(18)9-13)12-14-6-7-17(21-2)15(8-14)10-19/h3-9H,11-12H2,1-2H3. The van der Waals surface area contributed by atoms with E-state index < -0.39 is 0 Å². The predicted molar refractivity (Wildman–Crippen MR) is 79.3 cm³/mol. The number of ether oxygens (including phenoxy) is 1. The molecule has 2 aromatic carbocycles. The summed E-state index contributed by atoms with van der Waals surface area (Å²) in [5, 5.41) is 9.09. The van der Waals surface area contributed by atoms with Gasteiger partial charge in [0.25, 0.3) is 0 Å². The van der Waals surface area contributed by atoms with Crippen LogP contribution in [0.2, 0.25) is 0 Å². The van der Waals surface area contributed by atoms with Crippen molar-refractivity contribution in [2.75, 3.05) is 14.2 Å². The topological polar surface area (TPSA) is 36.3 Å². The maximum atomic E-state index is 13.2. The molecular formula is C17H17FN2O. The monoisotopic (exact) mass is 284 g/mol. The third-order valence-corrected chi connectivity index (χ3v) is 3.18. The van der Waals surface area contributed by atoms with E-state index in [1.807, 2.05) is 25.2 Å². The van der Waals surface area contributed by atoms with Crippen LogP contribution in [0.1, 0.15) is 16.7 Å². The molecule has 3 nitrogen and oxygen atoms in total. The summed E-state index contributed by atoms with van der Waals surface area (Å²) in [7, 11) is 3.51. The van der Waals surface area contributed by atoms with Crippen molar-refractivity contribution in [1.29, 1.82) is 5.26 Å². The first-order chi connectivity index (χ1) is 10.1. The molecule has 0 radical (unpaired) electrons. The van der Waals surface area contributed by atoms with Gasteiger partial charge in [-0.05, 0) is 42.4 Å². The predicted octanol–water partition coefficient (Wildman–Crippen LogP) is 3.34. The van der Waals surface area contributed by atoms with E-state index in [0.29, 0.717) is 24.4 Å². The van der Waals surface area contributed by atoms with Crippen LogP contribution < -0.4 is 4.74 Å². The van der Waals surface area contributed by atoms with Gasteiger partial charge in [-0.25, -0.2) is 4.39 Å². The third-order valence-electron chi connectivity index (χ3n) is 3.18. The molecule has 0 saturated carbocycles. The van der Waals surface area contributed by atoms with Crippen LogP contribution in [-0.4, -0.2) is 19.1 Å². The molecule has 4 heteroatoms. The average molecular weight is 284 g/mol. The first kappa shape index (κ1) is 15.0. The van der Waals surface area contributed by atoms with Gasteiger partial charge >= 0.3 is 0 Å². The van der Waals surface area contributed by atoms with Crippen LogP contribution in [0.15, 0.2) is 42.5 Å². The minimum atomic E-state index is -0.225. The molecule has 0 amide bonds. The van der Waals surface area contributed by atoms with E-state index in [0.717, 1.165) is 11.1 Å². The second kappa shape index (κ2) is 6.87. The van der Waals surface area contributed by atoms with Crippen molar-refractivity contribution in [3.8, 4) is 11.8 Å². The van der Waals surface area contributed by atoms with E-state index >= 15 is 0 Å². The van der Waals surface area contributed by atoms with Crippen LogP contribution in [0.25, 0.3) is 0 Å². The van der Waals surface area contributed by atoms with Crippen molar-refractivity contribution in [2.24, 2.45) is 0 Å². The Morgan fingerprint density at radius 1 is 1.14 bits per heavy atom. The van der Waals surface area contributed by atoms with E-state index in [2.05, 4.69) is 11.0 Å². The Kier molecular flexibility index (Phi) is 4.91. The molecule has 0 N–H and O–H groups in total. The second-order valence-electron chi connectivity index (χ2n) is 4.95. The Bertz CT molecular complexity index is 664. The average Bonchev–Trinajstić information content (AvgIpc) is 2.47. The smallest absolute Gasteiger partial charge is 0.136 e. The third kappa shape index (κ3) is 4.04. The summed E-state index contributed by atoms with van der Waals surface area (Å²) in [5.41, 5.74) is 2.46. The van der Waals surface area contributed by atoms with Crippen molar-refractivity contribution in [2.45, 2.75) is 13.1 Å². The van der Waals surface area contributed by atoms with Gasteiger partial charge in [0, 0.05) is 13.1 Å². The molecule has 0 aliphatic rings. The molecule has 0 atom stereocenters. The zero-order valence-corrected chi connectivity index (χ0v) is 12.1. The normalized spacial score (nSPS) is 10.4. The van der Waals surface area contributed by atoms with Gasteiger partial charge < -0.3 is 4.74 Å². The Balaban J connectivity index is 2.06. The van der Waals surface area contributed by atoms with E-state index in [1.165, 1.54) is 12.1 Å². The van der Waals surface area contributed by atoms with Crippen molar-refractivity contribution >= 4 is 0 Å². The highest BCUT2D eigenvalue weighted by Gasteiger charge is 2.07. The number of nitriles is 1. The largest absolute Gasteiger partial charge is 0.495 e. The SMILES string of the molecule is COc1ccc(CN(C)Cc2cccc(F)c2)cc1C#N. The second-order valence-corrected chi connectivity index (χ2v) is 4.95. The number of methoxy groups -OCH3 is 1. The van der Waals surface area contributed by atoms with E-state index in [-0.39, 0.29) is 5.82 Å². The van der Waals surface area contributed by atoms with Gasteiger partial charge in [-0.1, -0.05) is 18.2 Å². The summed E-state index contributed by atoms with van der Waals surface area (Å²) in [6, 6.07) is 14.2. The van der Waals surface area contributed by atoms with Gasteiger partial charge in [-0.3, -0.25) is 4.90 Å². The van der Waals surface area contributed by atoms with E-state index in [1.54, 1.807) is 19.2 Å². The Hall–Kier alpha value is -2.38. The fraction of sp³-hybridized carbons (Fsp3) is 0.235. The summed E-state index contributed by atoms with van der Waals surface area (Å²) in [6.45, 7) is 1.32. The van der Waals surface area contributed by atoms with Crippen molar-refractivity contribution in [1.82, 2.24) is 4.90 Å². The number of benzene rings is 2. The van der Waals surface area contributed by atoms with Crippen LogP contribution in [0.4, 0.5) is 4.39 Å². The first-order valence-corrected chi connectivity index (χ1v) is 6.62. The molecule has 108 valence electrons. The van der Waals surface area contributed by atoms with Crippen LogP contribution in [0.3, 0.4) is 0 Å². The minimum absolute atomic E-state index is 0.225. The van der Waals surface area contributed by atoms with Crippen LogP contribution in [-0.2, 0) is 13.1 Å². The lowest BCUT2D eigenvalue weighted by atomic mass is 10.1. The van der Waals surface area contributed by atoms with Crippen LogP contribution in [0, 0.1) is 17.1 Å². The quantitative estimate of drug-likeness (QED) is 0.845. The van der Waals surface area contributed by atoms with Crippen LogP contribution in [0.5, 0.6) is 5.75 Å². The minimum Gasteiger partial charge on any atom is -0.495 e. The summed E-state index contributed by atoms with van der Waals surface area (Å²) in [6.07, 6.45) is 0. The van der Waals surface area contributed by atoms with Crippen molar-refractivity contribution in [3.05, 3.63) is 65.0 Å². The number of hydrogen-bond acceptors (Lipinski definition) is 3. The molecule has 0 heterocycles. The highest BCUT2D eigenvalue weighted by atomic mass is 19.1. The maximum absolute atomic E-state index is 13.2. The number of halogens is 1. The first-order valence-electron chi connectivity index (χ1n) is 6.62. The molecule has 21 heavy (non-hydrogen) atoms. The molecule has 0 bridgehead atoms. The van der Waals surface area contributed by atoms with E-state index in [4.69, 9.17) is 10.00 Å². The molecule has 0 aromatic heterocycles. The van der Waals surface area contributed by atoms with Crippen molar-refractivity contribution < 1.29 is 9.13 Å². The van der Waals surface area contributed by atoms with Gasteiger partial charge in [-0.15, -0.1) is 0 Å². The molecule has 0 unspecified atom stereocenters. The molecule has 2 aromatic rings. The molecule has 2 rings (SSSR count). The summed E-state index contributed by atoms with van der Waals surface area (Å²) in [5.74, 6) is 0.353. The Morgan fingerprint density at radius 3 is 2.48 bits per heavy atom. The maximum Gasteiger partial charge on any atom is 0.136 e. The molecule has 0 saturated heterocycles. The fourth-order valence-corrected chi connectivity index (χ4v) is 2.26. The lowest BCUT2D eigenvalue weighted by molar-refractivity contribution is 0.318. The van der Waals surface area contributed by atoms with Gasteiger partial charge in [0.15, 0.2) is 0 Å². The summed E-state index contributed by atoms with van der Waals surface area (Å²) < 4.78 is 18.3. The molecule has 0 aliphatic carbocycles. The highest BCUT2D eigenvalue weighted by molar-refractivity contribution is 5.45. The van der Waals surface area contributed by atoms with Gasteiger partial charge in [0.05, 0.1) is 12.7 Å². The highest BCUT2D eigenvalue weighted by Crippen LogP contribution is 2.20. The molecule has 0 aliphatic heterocycles. The number of nitrogens with zero attached hydrogens (tertiary/aromatic N) is 2. The fourth-order valence-electron chi connectivity index (χ4n) is 2.26. The lowest BCUT2D eigenvalue weighted by Crippen LogP contribution is -2.17. The molecule has 0 fully saturated rings. The van der Waals surface area contributed by atoms with Crippen molar-refractivity contribution in [3.63, 3.8) is 0 Å². The number of rotatable bonds is 5. The van der Waals surface area contributed by atoms with Crippen LogP contribution >= 0.6 is 0 Å². The van der Waals surface area contributed by atoms with Gasteiger partial charge in [0.2, 0.25) is 0 Å². The summed E-state index contributed by atoms with van der Waals surface area (Å²) in [4.78, 5) is 2.07. The molecule has 0 spiro atoms. The zero-order chi connectivity index (χ0) is 15.2. The summed E-state index contributed by atoms with van der Waals surface area (Å²) >= 11 is 0. The van der Waals surface area contributed by atoms with Gasteiger partial charge in [-0.2, -0.15) is 5.26 Å². The van der Waals surface area contributed by atoms with Gasteiger partial charge in [0.1, 0.15) is 17.6 Å². The molecular weight excluding hydrogens is 267 g/mol. The lowest BCUT2D eigenvalue weighted by Gasteiger charge is -2.17. The Labute approximate surface area is 124 Å². The number of hydrogen-bond donors (Lipinski definition) is 0. The zero-order valence-electron chi connectivity index (χ0n) is 12.1. The van der Waals surface area contributed by atoms with E-state index in [9.17, 15) is 4.39 Å². The Morgan fingerprint density at radius 2 is 1.86 bits per heavy atom.